The van der Waals surface area contributed by atoms with Gasteiger partial charge in [0.1, 0.15) is 0 Å². The van der Waals surface area contributed by atoms with Crippen molar-refractivity contribution in [3.63, 3.8) is 0 Å². The number of hydrogen-bond donors (Lipinski definition) is 2. The number of aliphatic carboxylic acids is 1. The molecule has 128 valence electrons. The van der Waals surface area contributed by atoms with E-state index in [1.807, 2.05) is 0 Å². The third kappa shape index (κ3) is 6.15. The number of hydrogen-bond acceptors (Lipinski definition) is 5. The van der Waals surface area contributed by atoms with Crippen LogP contribution in [-0.2, 0) is 14.3 Å². The molecule has 7 nitrogen and oxygen atoms in total. The summed E-state index contributed by atoms with van der Waals surface area (Å²) in [7, 11) is 4.58. The fourth-order valence-electron chi connectivity index (χ4n) is 2.14. The van der Waals surface area contributed by atoms with Crippen molar-refractivity contribution < 1.29 is 28.9 Å². The average molecular weight is 325 g/mol. The monoisotopic (exact) mass is 325 g/mol. The highest BCUT2D eigenvalue weighted by molar-refractivity contribution is 5.77. The highest BCUT2D eigenvalue weighted by Crippen LogP contribution is 2.31. The van der Waals surface area contributed by atoms with Crippen molar-refractivity contribution in [2.45, 2.75) is 25.3 Å². The Morgan fingerprint density at radius 3 is 2.43 bits per heavy atom. The number of carbonyl (C=O) groups excluding carboxylic acids is 1. The zero-order chi connectivity index (χ0) is 17.2. The number of carboxylic acid groups (broad SMARTS) is 1. The van der Waals surface area contributed by atoms with Gasteiger partial charge in [-0.15, -0.1) is 0 Å². The van der Waals surface area contributed by atoms with Crippen LogP contribution >= 0.6 is 0 Å². The van der Waals surface area contributed by atoms with Gasteiger partial charge in [0.25, 0.3) is 0 Å². The van der Waals surface area contributed by atoms with Gasteiger partial charge in [0.15, 0.2) is 11.5 Å². The molecule has 1 unspecified atom stereocenters. The Kier molecular flexibility index (Phi) is 7.90. The summed E-state index contributed by atoms with van der Waals surface area (Å²) in [5.74, 6) is -0.198. The molecule has 0 aliphatic rings. The SMILES string of the molecule is COCCCC(=O)NC(CC(=O)O)c1ccc(OC)c(OC)c1. The lowest BCUT2D eigenvalue weighted by molar-refractivity contribution is -0.137. The maximum absolute atomic E-state index is 11.9. The largest absolute Gasteiger partial charge is 0.493 e. The second-order valence-electron chi connectivity index (χ2n) is 4.93. The van der Waals surface area contributed by atoms with Gasteiger partial charge in [-0.2, -0.15) is 0 Å². The van der Waals surface area contributed by atoms with E-state index in [-0.39, 0.29) is 18.7 Å². The number of ether oxygens (including phenoxy) is 3. The number of benzene rings is 1. The number of amides is 1. The van der Waals surface area contributed by atoms with E-state index in [1.165, 1.54) is 14.2 Å². The summed E-state index contributed by atoms with van der Waals surface area (Å²) in [4.78, 5) is 23.0. The Labute approximate surface area is 135 Å². The number of nitrogens with one attached hydrogen (secondary N) is 1. The molecule has 0 saturated heterocycles. The number of rotatable bonds is 10. The van der Waals surface area contributed by atoms with Crippen LogP contribution in [0.2, 0.25) is 0 Å². The van der Waals surface area contributed by atoms with Crippen molar-refractivity contribution in [1.29, 1.82) is 0 Å². The van der Waals surface area contributed by atoms with Gasteiger partial charge in [-0.05, 0) is 24.1 Å². The van der Waals surface area contributed by atoms with Crippen LogP contribution in [0.25, 0.3) is 0 Å². The van der Waals surface area contributed by atoms with Gasteiger partial charge in [-0.25, -0.2) is 0 Å². The van der Waals surface area contributed by atoms with Crippen LogP contribution in [0.3, 0.4) is 0 Å². The van der Waals surface area contributed by atoms with E-state index < -0.39 is 12.0 Å². The fourth-order valence-corrected chi connectivity index (χ4v) is 2.14. The Morgan fingerprint density at radius 2 is 1.87 bits per heavy atom. The molecule has 0 spiro atoms. The highest BCUT2D eigenvalue weighted by atomic mass is 16.5. The highest BCUT2D eigenvalue weighted by Gasteiger charge is 2.19. The summed E-state index contributed by atoms with van der Waals surface area (Å²) >= 11 is 0. The molecule has 1 atom stereocenters. The molecule has 1 aromatic carbocycles. The Balaban J connectivity index is 2.88. The van der Waals surface area contributed by atoms with Crippen molar-refractivity contribution in [2.75, 3.05) is 27.9 Å². The number of carboxylic acids is 1. The molecule has 0 aliphatic carbocycles. The second kappa shape index (κ2) is 9.68. The molecular formula is C16H23NO6. The van der Waals surface area contributed by atoms with Crippen LogP contribution in [0.5, 0.6) is 11.5 Å². The van der Waals surface area contributed by atoms with E-state index in [4.69, 9.17) is 19.3 Å². The quantitative estimate of drug-likeness (QED) is 0.637. The maximum Gasteiger partial charge on any atom is 0.305 e. The van der Waals surface area contributed by atoms with Gasteiger partial charge in [0.05, 0.1) is 26.7 Å². The van der Waals surface area contributed by atoms with Crippen LogP contribution in [-0.4, -0.2) is 44.9 Å². The molecule has 0 aliphatic heterocycles. The van der Waals surface area contributed by atoms with Crippen LogP contribution in [0.15, 0.2) is 18.2 Å². The average Bonchev–Trinajstić information content (AvgIpc) is 2.53. The summed E-state index contributed by atoms with van der Waals surface area (Å²) in [5.41, 5.74) is 0.644. The van der Waals surface area contributed by atoms with E-state index in [0.717, 1.165) is 0 Å². The van der Waals surface area contributed by atoms with Gasteiger partial charge < -0.3 is 24.6 Å². The topological polar surface area (TPSA) is 94.1 Å². The molecule has 0 radical (unpaired) electrons. The molecule has 1 amide bonds. The van der Waals surface area contributed by atoms with E-state index in [9.17, 15) is 9.59 Å². The molecule has 1 rings (SSSR count). The van der Waals surface area contributed by atoms with Crippen molar-refractivity contribution >= 4 is 11.9 Å². The summed E-state index contributed by atoms with van der Waals surface area (Å²) in [6, 6.07) is 4.43. The first-order chi connectivity index (χ1) is 11.0. The minimum Gasteiger partial charge on any atom is -0.493 e. The molecule has 0 bridgehead atoms. The van der Waals surface area contributed by atoms with Crippen molar-refractivity contribution in [1.82, 2.24) is 5.32 Å². The van der Waals surface area contributed by atoms with Crippen molar-refractivity contribution in [3.05, 3.63) is 23.8 Å². The number of carbonyl (C=O) groups is 2. The standard InChI is InChI=1S/C16H23NO6/c1-21-8-4-5-15(18)17-12(10-16(19)20)11-6-7-13(22-2)14(9-11)23-3/h6-7,9,12H,4-5,8,10H2,1-3H3,(H,17,18)(H,19,20). The second-order valence-corrected chi connectivity index (χ2v) is 4.93. The van der Waals surface area contributed by atoms with Crippen LogP contribution in [0, 0.1) is 0 Å². The van der Waals surface area contributed by atoms with Crippen LogP contribution in [0.4, 0.5) is 0 Å². The zero-order valence-electron chi connectivity index (χ0n) is 13.6. The lowest BCUT2D eigenvalue weighted by Gasteiger charge is -2.19. The first kappa shape index (κ1) is 18.8. The van der Waals surface area contributed by atoms with E-state index in [0.29, 0.717) is 30.1 Å². The van der Waals surface area contributed by atoms with E-state index >= 15 is 0 Å². The first-order valence-corrected chi connectivity index (χ1v) is 7.23. The van der Waals surface area contributed by atoms with E-state index in [1.54, 1.807) is 25.3 Å². The van der Waals surface area contributed by atoms with Crippen molar-refractivity contribution in [2.24, 2.45) is 0 Å². The minimum atomic E-state index is -0.998. The minimum absolute atomic E-state index is 0.217. The molecule has 23 heavy (non-hydrogen) atoms. The van der Waals surface area contributed by atoms with Gasteiger partial charge >= 0.3 is 5.97 Å². The number of methoxy groups -OCH3 is 3. The molecule has 7 heteroatoms. The van der Waals surface area contributed by atoms with Gasteiger partial charge in [-0.3, -0.25) is 9.59 Å². The van der Waals surface area contributed by atoms with Gasteiger partial charge in [0.2, 0.25) is 5.91 Å². The molecule has 0 heterocycles. The summed E-state index contributed by atoms with van der Waals surface area (Å²) in [6.45, 7) is 0.480. The Bertz CT molecular complexity index is 531. The molecule has 0 saturated carbocycles. The lowest BCUT2D eigenvalue weighted by atomic mass is 10.0. The summed E-state index contributed by atoms with van der Waals surface area (Å²) < 4.78 is 15.3. The van der Waals surface area contributed by atoms with Crippen LogP contribution < -0.4 is 14.8 Å². The lowest BCUT2D eigenvalue weighted by Crippen LogP contribution is -2.30. The molecule has 0 fully saturated rings. The Morgan fingerprint density at radius 1 is 1.17 bits per heavy atom. The predicted octanol–water partition coefficient (Wildman–Crippen LogP) is 1.76. The molecule has 2 N–H and O–H groups in total. The molecular weight excluding hydrogens is 302 g/mol. The van der Waals surface area contributed by atoms with Gasteiger partial charge in [-0.1, -0.05) is 6.07 Å². The summed E-state index contributed by atoms with van der Waals surface area (Å²) in [5, 5.41) is 11.8. The first-order valence-electron chi connectivity index (χ1n) is 7.23. The Hall–Kier alpha value is -2.28. The fraction of sp³-hybridized carbons (Fsp3) is 0.500. The van der Waals surface area contributed by atoms with Crippen LogP contribution in [0.1, 0.15) is 30.9 Å². The molecule has 0 aromatic heterocycles. The van der Waals surface area contributed by atoms with Crippen molar-refractivity contribution in [3.8, 4) is 11.5 Å². The van der Waals surface area contributed by atoms with Gasteiger partial charge in [0, 0.05) is 20.1 Å². The third-order valence-electron chi connectivity index (χ3n) is 3.28. The smallest absolute Gasteiger partial charge is 0.305 e. The predicted molar refractivity (Wildman–Crippen MR) is 83.8 cm³/mol. The summed E-state index contributed by atoms with van der Waals surface area (Å²) in [6.07, 6.45) is 0.636. The van der Waals surface area contributed by atoms with E-state index in [2.05, 4.69) is 5.32 Å². The maximum atomic E-state index is 11.9. The third-order valence-corrected chi connectivity index (χ3v) is 3.28. The molecule has 1 aromatic rings. The normalized spacial score (nSPS) is 11.6. The zero-order valence-corrected chi connectivity index (χ0v) is 13.6.